The molecular formula is C8H11NOS. The molecule has 0 aliphatic rings. The molecule has 0 aliphatic carbocycles. The second kappa shape index (κ2) is 3.64. The van der Waals surface area contributed by atoms with Gasteiger partial charge >= 0.3 is 0 Å². The van der Waals surface area contributed by atoms with E-state index < -0.39 is 0 Å². The van der Waals surface area contributed by atoms with Crippen molar-refractivity contribution in [3.05, 3.63) is 22.4 Å². The Bertz CT molecular complexity index is 228. The second-order valence-electron chi connectivity index (χ2n) is 2.58. The van der Waals surface area contributed by atoms with Crippen LogP contribution in [0.3, 0.4) is 0 Å². The van der Waals surface area contributed by atoms with Crippen LogP contribution in [0, 0.1) is 0 Å². The van der Waals surface area contributed by atoms with Crippen molar-refractivity contribution in [3.8, 4) is 0 Å². The summed E-state index contributed by atoms with van der Waals surface area (Å²) in [5, 5.41) is 1.90. The number of Topliss-reactive ketones (excluding diaryl/α,β-unsaturated/α-hetero) is 1. The molecule has 0 bridgehead atoms. The average molecular weight is 169 g/mol. The molecule has 1 aromatic rings. The number of hydrogen-bond acceptors (Lipinski definition) is 3. The van der Waals surface area contributed by atoms with Gasteiger partial charge in [0.25, 0.3) is 0 Å². The summed E-state index contributed by atoms with van der Waals surface area (Å²) in [7, 11) is 0. The highest BCUT2D eigenvalue weighted by molar-refractivity contribution is 7.12. The van der Waals surface area contributed by atoms with Crippen molar-refractivity contribution < 1.29 is 4.79 Å². The van der Waals surface area contributed by atoms with E-state index in [1.54, 1.807) is 0 Å². The Kier molecular flexibility index (Phi) is 2.79. The van der Waals surface area contributed by atoms with E-state index in [1.807, 2.05) is 24.4 Å². The van der Waals surface area contributed by atoms with E-state index in [9.17, 15) is 4.79 Å². The molecule has 2 nitrogen and oxygen atoms in total. The summed E-state index contributed by atoms with van der Waals surface area (Å²) in [6, 6.07) is 3.67. The Hall–Kier alpha value is -0.670. The zero-order valence-electron chi connectivity index (χ0n) is 6.41. The summed E-state index contributed by atoms with van der Waals surface area (Å²) >= 11 is 1.47. The molecule has 0 spiro atoms. The molecule has 1 rings (SSSR count). The van der Waals surface area contributed by atoms with Gasteiger partial charge in [-0.25, -0.2) is 0 Å². The maximum absolute atomic E-state index is 11.2. The van der Waals surface area contributed by atoms with Crippen LogP contribution < -0.4 is 5.73 Å². The van der Waals surface area contributed by atoms with Gasteiger partial charge in [0, 0.05) is 12.5 Å². The zero-order chi connectivity index (χ0) is 8.27. The van der Waals surface area contributed by atoms with Crippen molar-refractivity contribution in [1.82, 2.24) is 0 Å². The lowest BCUT2D eigenvalue weighted by Gasteiger charge is -2.00. The molecule has 0 aromatic carbocycles. The fourth-order valence-corrected chi connectivity index (χ4v) is 1.51. The Balaban J connectivity index is 2.57. The molecule has 0 unspecified atom stereocenters. The first kappa shape index (κ1) is 8.43. The van der Waals surface area contributed by atoms with Crippen molar-refractivity contribution in [1.29, 1.82) is 0 Å². The fraction of sp³-hybridized carbons (Fsp3) is 0.375. The Morgan fingerprint density at radius 3 is 3.00 bits per heavy atom. The smallest absolute Gasteiger partial charge is 0.174 e. The standard InChI is InChI=1S/C8H11NOS/c1-6(9)5-7(10)8-3-2-4-11-8/h2-4,6H,5,9H2,1H3/t6-/m1/s1. The third kappa shape index (κ3) is 2.44. The predicted molar refractivity (Wildman–Crippen MR) is 46.9 cm³/mol. The van der Waals surface area contributed by atoms with Crippen LogP contribution in [0.25, 0.3) is 0 Å². The minimum absolute atomic E-state index is 0.0374. The minimum atomic E-state index is -0.0374. The molecule has 0 saturated carbocycles. The summed E-state index contributed by atoms with van der Waals surface area (Å²) < 4.78 is 0. The summed E-state index contributed by atoms with van der Waals surface area (Å²) in [6.07, 6.45) is 0.445. The first-order valence-corrected chi connectivity index (χ1v) is 4.40. The molecule has 0 saturated heterocycles. The first-order valence-electron chi connectivity index (χ1n) is 3.52. The van der Waals surface area contributed by atoms with Crippen LogP contribution in [0.2, 0.25) is 0 Å². The third-order valence-corrected chi connectivity index (χ3v) is 2.21. The second-order valence-corrected chi connectivity index (χ2v) is 3.53. The third-order valence-electron chi connectivity index (χ3n) is 1.30. The van der Waals surface area contributed by atoms with E-state index >= 15 is 0 Å². The Morgan fingerprint density at radius 2 is 2.55 bits per heavy atom. The molecule has 1 aromatic heterocycles. The summed E-state index contributed by atoms with van der Waals surface area (Å²) in [5.74, 6) is 0.148. The van der Waals surface area contributed by atoms with Gasteiger partial charge in [0.05, 0.1) is 4.88 Å². The van der Waals surface area contributed by atoms with Crippen molar-refractivity contribution in [2.24, 2.45) is 5.73 Å². The van der Waals surface area contributed by atoms with Crippen LogP contribution in [0.5, 0.6) is 0 Å². The minimum Gasteiger partial charge on any atom is -0.328 e. The van der Waals surface area contributed by atoms with Crippen LogP contribution in [-0.4, -0.2) is 11.8 Å². The molecule has 1 heterocycles. The SMILES string of the molecule is C[C@@H](N)CC(=O)c1cccs1. The topological polar surface area (TPSA) is 43.1 Å². The van der Waals surface area contributed by atoms with Gasteiger partial charge in [-0.15, -0.1) is 11.3 Å². The molecule has 3 heteroatoms. The van der Waals surface area contributed by atoms with Crippen LogP contribution in [-0.2, 0) is 0 Å². The highest BCUT2D eigenvalue weighted by Crippen LogP contribution is 2.11. The summed E-state index contributed by atoms with van der Waals surface area (Å²) in [6.45, 7) is 1.84. The monoisotopic (exact) mass is 169 g/mol. The molecular weight excluding hydrogens is 158 g/mol. The van der Waals surface area contributed by atoms with Crippen molar-refractivity contribution >= 4 is 17.1 Å². The van der Waals surface area contributed by atoms with Crippen LogP contribution in [0.4, 0.5) is 0 Å². The van der Waals surface area contributed by atoms with Crippen molar-refractivity contribution in [3.63, 3.8) is 0 Å². The summed E-state index contributed by atoms with van der Waals surface area (Å²) in [5.41, 5.74) is 5.48. The lowest BCUT2D eigenvalue weighted by molar-refractivity contribution is 0.0980. The van der Waals surface area contributed by atoms with Gasteiger partial charge in [0.2, 0.25) is 0 Å². The van der Waals surface area contributed by atoms with Crippen molar-refractivity contribution in [2.45, 2.75) is 19.4 Å². The molecule has 0 amide bonds. The van der Waals surface area contributed by atoms with E-state index in [1.165, 1.54) is 11.3 Å². The van der Waals surface area contributed by atoms with Crippen LogP contribution in [0.15, 0.2) is 17.5 Å². The highest BCUT2D eigenvalue weighted by Gasteiger charge is 2.08. The number of carbonyl (C=O) groups excluding carboxylic acids is 1. The van der Waals surface area contributed by atoms with Gasteiger partial charge in [-0.3, -0.25) is 4.79 Å². The first-order chi connectivity index (χ1) is 5.20. The Labute approximate surface area is 70.0 Å². The number of ketones is 1. The van der Waals surface area contributed by atoms with Crippen molar-refractivity contribution in [2.75, 3.05) is 0 Å². The molecule has 11 heavy (non-hydrogen) atoms. The molecule has 1 atom stereocenters. The maximum atomic E-state index is 11.2. The summed E-state index contributed by atoms with van der Waals surface area (Å²) in [4.78, 5) is 12.1. The van der Waals surface area contributed by atoms with E-state index in [0.29, 0.717) is 6.42 Å². The quantitative estimate of drug-likeness (QED) is 0.699. The molecule has 0 aliphatic heterocycles. The number of rotatable bonds is 3. The maximum Gasteiger partial charge on any atom is 0.174 e. The predicted octanol–water partition coefficient (Wildman–Crippen LogP) is 1.67. The average Bonchev–Trinajstić information content (AvgIpc) is 2.35. The number of hydrogen-bond donors (Lipinski definition) is 1. The fourth-order valence-electron chi connectivity index (χ4n) is 0.830. The molecule has 60 valence electrons. The number of carbonyl (C=O) groups is 1. The van der Waals surface area contributed by atoms with Gasteiger partial charge in [-0.2, -0.15) is 0 Å². The molecule has 0 radical (unpaired) electrons. The van der Waals surface area contributed by atoms with E-state index in [4.69, 9.17) is 5.73 Å². The highest BCUT2D eigenvalue weighted by atomic mass is 32.1. The zero-order valence-corrected chi connectivity index (χ0v) is 7.23. The van der Waals surface area contributed by atoms with Crippen LogP contribution >= 0.6 is 11.3 Å². The molecule has 2 N–H and O–H groups in total. The van der Waals surface area contributed by atoms with Crippen LogP contribution in [0.1, 0.15) is 23.0 Å². The number of nitrogens with two attached hydrogens (primary N) is 1. The van der Waals surface area contributed by atoms with E-state index in [2.05, 4.69) is 0 Å². The van der Waals surface area contributed by atoms with Gasteiger partial charge in [0.1, 0.15) is 0 Å². The lowest BCUT2D eigenvalue weighted by atomic mass is 10.1. The van der Waals surface area contributed by atoms with E-state index in [-0.39, 0.29) is 11.8 Å². The largest absolute Gasteiger partial charge is 0.328 e. The lowest BCUT2D eigenvalue weighted by Crippen LogP contribution is -2.19. The van der Waals surface area contributed by atoms with Gasteiger partial charge in [-0.1, -0.05) is 6.07 Å². The van der Waals surface area contributed by atoms with Gasteiger partial charge in [0.15, 0.2) is 5.78 Å². The number of thiophene rings is 1. The van der Waals surface area contributed by atoms with E-state index in [0.717, 1.165) is 4.88 Å². The van der Waals surface area contributed by atoms with Gasteiger partial charge < -0.3 is 5.73 Å². The molecule has 0 fully saturated rings. The van der Waals surface area contributed by atoms with Gasteiger partial charge in [-0.05, 0) is 18.4 Å². The normalized spacial score (nSPS) is 12.9. The Morgan fingerprint density at radius 1 is 1.82 bits per heavy atom.